The minimum atomic E-state index is -0.245. The van der Waals surface area contributed by atoms with Crippen LogP contribution in [0.5, 0.6) is 0 Å². The van der Waals surface area contributed by atoms with Gasteiger partial charge in [0.25, 0.3) is 0 Å². The van der Waals surface area contributed by atoms with Crippen LogP contribution in [-0.4, -0.2) is 5.78 Å². The molecule has 0 atom stereocenters. The summed E-state index contributed by atoms with van der Waals surface area (Å²) in [6.07, 6.45) is 4.32. The van der Waals surface area contributed by atoms with Gasteiger partial charge in [-0.2, -0.15) is 0 Å². The fourth-order valence-electron chi connectivity index (χ4n) is 1.65. The summed E-state index contributed by atoms with van der Waals surface area (Å²) in [6.45, 7) is 0. The molecule has 1 aliphatic carbocycles. The SMILES string of the molecule is O=C1CCC/C1=C\c1ccc(F)cc1. The zero-order valence-electron chi connectivity index (χ0n) is 7.79. The van der Waals surface area contributed by atoms with Crippen LogP contribution in [-0.2, 0) is 4.79 Å². The largest absolute Gasteiger partial charge is 0.295 e. The maximum absolute atomic E-state index is 12.6. The molecule has 1 aromatic carbocycles. The molecule has 1 saturated carbocycles. The molecule has 1 fully saturated rings. The van der Waals surface area contributed by atoms with Crippen LogP contribution in [0.1, 0.15) is 24.8 Å². The molecular formula is C12H11FO. The van der Waals surface area contributed by atoms with Crippen molar-refractivity contribution in [1.82, 2.24) is 0 Å². The lowest BCUT2D eigenvalue weighted by atomic mass is 10.1. The first kappa shape index (κ1) is 9.13. The summed E-state index contributed by atoms with van der Waals surface area (Å²) in [5.41, 5.74) is 1.77. The Labute approximate surface area is 82.3 Å². The molecule has 1 aromatic rings. The lowest BCUT2D eigenvalue weighted by Crippen LogP contribution is -1.90. The molecule has 72 valence electrons. The van der Waals surface area contributed by atoms with Gasteiger partial charge in [0.1, 0.15) is 5.82 Å². The Kier molecular flexibility index (Phi) is 2.44. The highest BCUT2D eigenvalue weighted by atomic mass is 19.1. The van der Waals surface area contributed by atoms with E-state index in [1.54, 1.807) is 12.1 Å². The zero-order chi connectivity index (χ0) is 9.97. The van der Waals surface area contributed by atoms with Crippen LogP contribution in [0.3, 0.4) is 0 Å². The monoisotopic (exact) mass is 190 g/mol. The van der Waals surface area contributed by atoms with Gasteiger partial charge in [0.2, 0.25) is 0 Å². The number of hydrogen-bond acceptors (Lipinski definition) is 1. The minimum Gasteiger partial charge on any atom is -0.295 e. The average Bonchev–Trinajstić information content (AvgIpc) is 2.56. The Morgan fingerprint density at radius 3 is 2.43 bits per heavy atom. The van der Waals surface area contributed by atoms with Crippen molar-refractivity contribution >= 4 is 11.9 Å². The van der Waals surface area contributed by atoms with Crippen LogP contribution >= 0.6 is 0 Å². The van der Waals surface area contributed by atoms with E-state index in [2.05, 4.69) is 0 Å². The van der Waals surface area contributed by atoms with Crippen molar-refractivity contribution in [3.05, 3.63) is 41.2 Å². The number of hydrogen-bond donors (Lipinski definition) is 0. The third-order valence-electron chi connectivity index (χ3n) is 2.42. The molecule has 0 unspecified atom stereocenters. The first-order valence-electron chi connectivity index (χ1n) is 4.75. The van der Waals surface area contributed by atoms with E-state index < -0.39 is 0 Å². The number of carbonyl (C=O) groups excluding carboxylic acids is 1. The van der Waals surface area contributed by atoms with Crippen LogP contribution in [0.2, 0.25) is 0 Å². The Hall–Kier alpha value is -1.44. The third-order valence-corrected chi connectivity index (χ3v) is 2.42. The van der Waals surface area contributed by atoms with E-state index >= 15 is 0 Å². The van der Waals surface area contributed by atoms with Gasteiger partial charge in [-0.05, 0) is 42.2 Å². The molecule has 14 heavy (non-hydrogen) atoms. The van der Waals surface area contributed by atoms with Crippen molar-refractivity contribution in [2.45, 2.75) is 19.3 Å². The van der Waals surface area contributed by atoms with Gasteiger partial charge < -0.3 is 0 Å². The van der Waals surface area contributed by atoms with Crippen molar-refractivity contribution < 1.29 is 9.18 Å². The van der Waals surface area contributed by atoms with E-state index in [0.717, 1.165) is 24.0 Å². The lowest BCUT2D eigenvalue weighted by molar-refractivity contribution is -0.114. The van der Waals surface area contributed by atoms with Gasteiger partial charge in [-0.3, -0.25) is 4.79 Å². The normalized spacial score (nSPS) is 19.2. The molecule has 0 N–H and O–H groups in total. The number of benzene rings is 1. The Morgan fingerprint density at radius 2 is 1.86 bits per heavy atom. The molecule has 1 aliphatic rings. The second kappa shape index (κ2) is 3.74. The summed E-state index contributed by atoms with van der Waals surface area (Å²) in [5.74, 6) is -0.0146. The van der Waals surface area contributed by atoms with E-state index in [1.807, 2.05) is 6.08 Å². The molecule has 0 saturated heterocycles. The first-order valence-corrected chi connectivity index (χ1v) is 4.75. The van der Waals surface area contributed by atoms with Gasteiger partial charge in [0.05, 0.1) is 0 Å². The maximum Gasteiger partial charge on any atom is 0.158 e. The summed E-state index contributed by atoms with van der Waals surface area (Å²) < 4.78 is 12.6. The molecule has 2 rings (SSSR count). The Balaban J connectivity index is 2.24. The third kappa shape index (κ3) is 1.90. The van der Waals surface area contributed by atoms with Gasteiger partial charge in [-0.25, -0.2) is 4.39 Å². The van der Waals surface area contributed by atoms with E-state index in [-0.39, 0.29) is 11.6 Å². The number of carbonyl (C=O) groups is 1. The van der Waals surface area contributed by atoms with Crippen molar-refractivity contribution in [2.24, 2.45) is 0 Å². The molecule has 0 aliphatic heterocycles. The van der Waals surface area contributed by atoms with Crippen molar-refractivity contribution in [2.75, 3.05) is 0 Å². The first-order chi connectivity index (χ1) is 6.75. The van der Waals surface area contributed by atoms with Crippen molar-refractivity contribution in [3.8, 4) is 0 Å². The van der Waals surface area contributed by atoms with Crippen molar-refractivity contribution in [3.63, 3.8) is 0 Å². The smallest absolute Gasteiger partial charge is 0.158 e. The predicted molar refractivity (Wildman–Crippen MR) is 53.2 cm³/mol. The van der Waals surface area contributed by atoms with Crippen LogP contribution < -0.4 is 0 Å². The summed E-state index contributed by atoms with van der Waals surface area (Å²) in [5, 5.41) is 0. The lowest BCUT2D eigenvalue weighted by Gasteiger charge is -1.96. The van der Waals surface area contributed by atoms with Gasteiger partial charge in [0, 0.05) is 6.42 Å². The fraction of sp³-hybridized carbons (Fsp3) is 0.250. The molecule has 0 amide bonds. The summed E-state index contributed by atoms with van der Waals surface area (Å²) in [7, 11) is 0. The second-order valence-corrected chi connectivity index (χ2v) is 3.50. The highest BCUT2D eigenvalue weighted by Crippen LogP contribution is 2.22. The molecule has 0 radical (unpaired) electrons. The Bertz CT molecular complexity index is 376. The highest BCUT2D eigenvalue weighted by Gasteiger charge is 2.16. The van der Waals surface area contributed by atoms with Gasteiger partial charge >= 0.3 is 0 Å². The summed E-state index contributed by atoms with van der Waals surface area (Å²) >= 11 is 0. The van der Waals surface area contributed by atoms with Gasteiger partial charge in [-0.1, -0.05) is 12.1 Å². The van der Waals surface area contributed by atoms with Gasteiger partial charge in [-0.15, -0.1) is 0 Å². The van der Waals surface area contributed by atoms with Crippen molar-refractivity contribution in [1.29, 1.82) is 0 Å². The Morgan fingerprint density at radius 1 is 1.14 bits per heavy atom. The highest BCUT2D eigenvalue weighted by molar-refractivity contribution is 6.01. The number of ketones is 1. The minimum absolute atomic E-state index is 0.231. The van der Waals surface area contributed by atoms with Crippen LogP contribution in [0.25, 0.3) is 6.08 Å². The summed E-state index contributed by atoms with van der Waals surface area (Å²) in [4.78, 5) is 11.3. The molecular weight excluding hydrogens is 179 g/mol. The topological polar surface area (TPSA) is 17.1 Å². The number of halogens is 1. The average molecular weight is 190 g/mol. The standard InChI is InChI=1S/C12H11FO/c13-11-6-4-9(5-7-11)8-10-2-1-3-12(10)14/h4-8H,1-3H2/b10-8+. The molecule has 2 heteroatoms. The van der Waals surface area contributed by atoms with Gasteiger partial charge in [0.15, 0.2) is 5.78 Å². The van der Waals surface area contributed by atoms with Crippen LogP contribution in [0, 0.1) is 5.82 Å². The quantitative estimate of drug-likeness (QED) is 0.622. The van der Waals surface area contributed by atoms with E-state index in [4.69, 9.17) is 0 Å². The van der Waals surface area contributed by atoms with E-state index in [9.17, 15) is 9.18 Å². The molecule has 0 aromatic heterocycles. The molecule has 0 bridgehead atoms. The maximum atomic E-state index is 12.6. The molecule has 0 heterocycles. The number of rotatable bonds is 1. The second-order valence-electron chi connectivity index (χ2n) is 3.50. The fourth-order valence-corrected chi connectivity index (χ4v) is 1.65. The number of allylic oxidation sites excluding steroid dienone is 1. The van der Waals surface area contributed by atoms with Crippen LogP contribution in [0.15, 0.2) is 29.8 Å². The predicted octanol–water partition coefficient (Wildman–Crippen LogP) is 2.96. The van der Waals surface area contributed by atoms with E-state index in [1.165, 1.54) is 12.1 Å². The zero-order valence-corrected chi connectivity index (χ0v) is 7.79. The molecule has 0 spiro atoms. The van der Waals surface area contributed by atoms with Crippen LogP contribution in [0.4, 0.5) is 4.39 Å². The van der Waals surface area contributed by atoms with E-state index in [0.29, 0.717) is 6.42 Å². The number of Topliss-reactive ketones (excluding diaryl/α,β-unsaturated/α-hetero) is 1. The summed E-state index contributed by atoms with van der Waals surface area (Å²) in [6, 6.07) is 6.19. The molecule has 1 nitrogen and oxygen atoms in total.